The van der Waals surface area contributed by atoms with Gasteiger partial charge in [-0.3, -0.25) is 15.3 Å². The van der Waals surface area contributed by atoms with E-state index in [4.69, 9.17) is 10.5 Å². The third-order valence-corrected chi connectivity index (χ3v) is 6.05. The number of carbonyl (C=O) groups excluding carboxylic acids is 2. The lowest BCUT2D eigenvalue weighted by Gasteiger charge is -2.12. The number of rotatable bonds is 10. The van der Waals surface area contributed by atoms with Crippen LogP contribution in [0.2, 0.25) is 0 Å². The number of aromatic amines is 1. The maximum atomic E-state index is 13.1. The first-order chi connectivity index (χ1) is 16.0. The molecule has 7 nitrogen and oxygen atoms in total. The molecule has 33 heavy (non-hydrogen) atoms. The Morgan fingerprint density at radius 3 is 2.39 bits per heavy atom. The third kappa shape index (κ3) is 6.49. The molecule has 0 fully saturated rings. The van der Waals surface area contributed by atoms with Gasteiger partial charge in [0.15, 0.2) is 5.03 Å². The molecular weight excluding hydrogens is 436 g/mol. The number of H-pyrrole nitrogens is 1. The summed E-state index contributed by atoms with van der Waals surface area (Å²) in [6.07, 6.45) is 3.23. The number of amides is 2. The number of unbranched alkanes of at least 4 members (excludes halogenated alkanes) is 2. The highest BCUT2D eigenvalue weighted by molar-refractivity contribution is 7.99. The normalized spacial score (nSPS) is 10.5. The number of ether oxygens (including phenoxy) is 1. The van der Waals surface area contributed by atoms with Gasteiger partial charge in [0.2, 0.25) is 0 Å². The van der Waals surface area contributed by atoms with Crippen molar-refractivity contribution >= 4 is 40.8 Å². The number of anilines is 3. The molecule has 0 unspecified atom stereocenters. The highest BCUT2D eigenvalue weighted by Gasteiger charge is 2.24. The Bertz CT molecular complexity index is 1110. The van der Waals surface area contributed by atoms with Crippen molar-refractivity contribution in [2.75, 3.05) is 29.2 Å². The van der Waals surface area contributed by atoms with Crippen molar-refractivity contribution in [3.8, 4) is 5.75 Å². The molecular formula is C25H29N4O3S+. The minimum absolute atomic E-state index is 0.178. The molecule has 0 saturated heterocycles. The van der Waals surface area contributed by atoms with Crippen molar-refractivity contribution < 1.29 is 19.3 Å². The van der Waals surface area contributed by atoms with E-state index in [1.165, 1.54) is 24.9 Å². The Labute approximate surface area is 198 Å². The van der Waals surface area contributed by atoms with E-state index in [9.17, 15) is 9.59 Å². The van der Waals surface area contributed by atoms with Gasteiger partial charge in [0.05, 0.1) is 18.4 Å². The van der Waals surface area contributed by atoms with E-state index in [0.29, 0.717) is 27.7 Å². The maximum Gasteiger partial charge on any atom is 0.284 e. The Morgan fingerprint density at radius 1 is 0.970 bits per heavy atom. The van der Waals surface area contributed by atoms with Crippen LogP contribution in [0.5, 0.6) is 5.75 Å². The number of hydrogen-bond acceptors (Lipinski definition) is 5. The van der Waals surface area contributed by atoms with E-state index in [1.54, 1.807) is 18.2 Å². The second-order valence-corrected chi connectivity index (χ2v) is 8.47. The Kier molecular flexibility index (Phi) is 8.71. The molecule has 5 N–H and O–H groups in total. The lowest BCUT2D eigenvalue weighted by atomic mass is 10.1. The van der Waals surface area contributed by atoms with E-state index >= 15 is 0 Å². The van der Waals surface area contributed by atoms with Crippen molar-refractivity contribution in [1.82, 2.24) is 0 Å². The smallest absolute Gasteiger partial charge is 0.284 e. The van der Waals surface area contributed by atoms with Crippen LogP contribution in [0, 0.1) is 0 Å². The van der Waals surface area contributed by atoms with Crippen LogP contribution in [-0.4, -0.2) is 24.7 Å². The number of pyridine rings is 1. The third-order valence-electron chi connectivity index (χ3n) is 4.94. The first kappa shape index (κ1) is 24.1. The van der Waals surface area contributed by atoms with E-state index in [2.05, 4.69) is 22.5 Å². The first-order valence-electron chi connectivity index (χ1n) is 10.8. The van der Waals surface area contributed by atoms with Crippen LogP contribution in [0.25, 0.3) is 0 Å². The zero-order valence-electron chi connectivity index (χ0n) is 18.8. The summed E-state index contributed by atoms with van der Waals surface area (Å²) in [7, 11) is 1.53. The topological polar surface area (TPSA) is 108 Å². The van der Waals surface area contributed by atoms with Gasteiger partial charge in [-0.25, -0.2) is 4.98 Å². The van der Waals surface area contributed by atoms with Crippen molar-refractivity contribution in [2.45, 2.75) is 31.2 Å². The number of carbonyl (C=O) groups is 2. The van der Waals surface area contributed by atoms with Gasteiger partial charge in [-0.15, -0.1) is 0 Å². The molecule has 1 heterocycles. The van der Waals surface area contributed by atoms with Crippen molar-refractivity contribution in [3.05, 3.63) is 71.8 Å². The van der Waals surface area contributed by atoms with Gasteiger partial charge in [-0.05, 0) is 36.8 Å². The average Bonchev–Trinajstić information content (AvgIpc) is 2.82. The van der Waals surface area contributed by atoms with Gasteiger partial charge in [0.1, 0.15) is 11.3 Å². The van der Waals surface area contributed by atoms with Gasteiger partial charge in [-0.2, -0.15) is 0 Å². The van der Waals surface area contributed by atoms with Crippen molar-refractivity contribution in [1.29, 1.82) is 0 Å². The van der Waals surface area contributed by atoms with Crippen LogP contribution in [0.4, 0.5) is 17.2 Å². The first-order valence-corrected chi connectivity index (χ1v) is 11.8. The molecule has 1 aromatic heterocycles. The highest BCUT2D eigenvalue weighted by atomic mass is 32.2. The zero-order chi connectivity index (χ0) is 23.6. The SMILES string of the molecule is CCCCCSc1[nH+]c(N)c(C(=O)Nc2ccccc2OC)cc1C(=O)Nc1ccccc1. The van der Waals surface area contributed by atoms with Gasteiger partial charge >= 0.3 is 0 Å². The molecule has 2 aromatic carbocycles. The molecule has 0 spiro atoms. The summed E-state index contributed by atoms with van der Waals surface area (Å²) in [4.78, 5) is 29.2. The molecule has 0 atom stereocenters. The number of nitrogen functional groups attached to an aromatic ring is 1. The average molecular weight is 466 g/mol. The Balaban J connectivity index is 1.91. The summed E-state index contributed by atoms with van der Waals surface area (Å²) >= 11 is 1.52. The number of aromatic nitrogens is 1. The van der Waals surface area contributed by atoms with Gasteiger partial charge in [0, 0.05) is 11.4 Å². The van der Waals surface area contributed by atoms with Crippen LogP contribution in [0.3, 0.4) is 0 Å². The monoisotopic (exact) mass is 465 g/mol. The second kappa shape index (κ2) is 11.9. The molecule has 0 bridgehead atoms. The summed E-state index contributed by atoms with van der Waals surface area (Å²) < 4.78 is 5.30. The summed E-state index contributed by atoms with van der Waals surface area (Å²) in [6.45, 7) is 2.14. The molecule has 0 saturated carbocycles. The predicted octanol–water partition coefficient (Wildman–Crippen LogP) is 4.88. The number of benzene rings is 2. The number of methoxy groups -OCH3 is 1. The van der Waals surface area contributed by atoms with E-state index in [1.807, 2.05) is 36.4 Å². The minimum atomic E-state index is -0.440. The molecule has 0 aliphatic rings. The van der Waals surface area contributed by atoms with E-state index in [-0.39, 0.29) is 17.3 Å². The van der Waals surface area contributed by atoms with Crippen molar-refractivity contribution in [3.63, 3.8) is 0 Å². The van der Waals surface area contributed by atoms with Gasteiger partial charge in [-0.1, -0.05) is 61.9 Å². The second-order valence-electron chi connectivity index (χ2n) is 7.37. The van der Waals surface area contributed by atoms with Crippen LogP contribution in [0.15, 0.2) is 65.7 Å². The molecule has 3 rings (SSSR count). The predicted molar refractivity (Wildman–Crippen MR) is 133 cm³/mol. The summed E-state index contributed by atoms with van der Waals surface area (Å²) in [5, 5.41) is 6.33. The number of hydrogen-bond donors (Lipinski definition) is 3. The lowest BCUT2D eigenvalue weighted by molar-refractivity contribution is -0.410. The fourth-order valence-electron chi connectivity index (χ4n) is 3.20. The number of para-hydroxylation sites is 3. The zero-order valence-corrected chi connectivity index (χ0v) is 19.6. The Morgan fingerprint density at radius 2 is 1.67 bits per heavy atom. The fraction of sp³-hybridized carbons (Fsp3) is 0.240. The number of thioether (sulfide) groups is 1. The van der Waals surface area contributed by atoms with E-state index < -0.39 is 5.91 Å². The van der Waals surface area contributed by atoms with Crippen LogP contribution in [-0.2, 0) is 0 Å². The van der Waals surface area contributed by atoms with Gasteiger partial charge < -0.3 is 15.4 Å². The Hall–Kier alpha value is -3.52. The van der Waals surface area contributed by atoms with E-state index in [0.717, 1.165) is 25.0 Å². The van der Waals surface area contributed by atoms with Crippen LogP contribution >= 0.6 is 11.8 Å². The molecule has 0 radical (unpaired) electrons. The molecule has 0 aliphatic heterocycles. The molecule has 0 aliphatic carbocycles. The summed E-state index contributed by atoms with van der Waals surface area (Å²) in [5.74, 6) is 0.795. The lowest BCUT2D eigenvalue weighted by Crippen LogP contribution is -2.26. The number of nitrogens with two attached hydrogens (primary N) is 1. The van der Waals surface area contributed by atoms with Crippen molar-refractivity contribution in [2.24, 2.45) is 0 Å². The summed E-state index contributed by atoms with van der Waals surface area (Å²) in [6, 6.07) is 17.8. The fourth-order valence-corrected chi connectivity index (χ4v) is 4.24. The molecule has 8 heteroatoms. The minimum Gasteiger partial charge on any atom is -0.495 e. The molecule has 172 valence electrons. The standard InChI is InChI=1S/C25H28N4O3S/c1-3-4-10-15-33-25-19(24(31)27-17-11-6-5-7-12-17)16-18(22(26)29-25)23(30)28-20-13-8-9-14-21(20)32-2/h5-9,11-14,16H,3-4,10,15H2,1-2H3,(H2,26,29)(H,27,31)(H,28,30)/p+1. The molecule has 3 aromatic rings. The van der Waals surface area contributed by atoms with Crippen LogP contribution in [0.1, 0.15) is 46.9 Å². The largest absolute Gasteiger partial charge is 0.495 e. The van der Waals surface area contributed by atoms with Gasteiger partial charge in [0.25, 0.3) is 17.6 Å². The maximum absolute atomic E-state index is 13.1. The number of nitrogens with one attached hydrogen (secondary N) is 3. The summed E-state index contributed by atoms with van der Waals surface area (Å²) in [5.41, 5.74) is 7.92. The van der Waals surface area contributed by atoms with Crippen LogP contribution < -0.4 is 26.1 Å². The molecule has 2 amide bonds. The highest BCUT2D eigenvalue weighted by Crippen LogP contribution is 2.27. The quantitative estimate of drug-likeness (QED) is 0.292.